The quantitative estimate of drug-likeness (QED) is 0.834. The van der Waals surface area contributed by atoms with Crippen LogP contribution in [0.25, 0.3) is 0 Å². The number of methoxy groups -OCH3 is 1. The number of hydrogen-bond donors (Lipinski definition) is 1. The second kappa shape index (κ2) is 7.47. The van der Waals surface area contributed by atoms with E-state index < -0.39 is 0 Å². The van der Waals surface area contributed by atoms with Gasteiger partial charge in [0.2, 0.25) is 0 Å². The predicted octanol–water partition coefficient (Wildman–Crippen LogP) is 0.780. The Bertz CT molecular complexity index is 418. The van der Waals surface area contributed by atoms with Crippen LogP contribution in [0.4, 0.5) is 0 Å². The van der Waals surface area contributed by atoms with Gasteiger partial charge in [-0.05, 0) is 24.7 Å². The summed E-state index contributed by atoms with van der Waals surface area (Å²) < 4.78 is 11.2. The monoisotopic (exact) mass is 279 g/mol. The summed E-state index contributed by atoms with van der Waals surface area (Å²) in [4.78, 5) is 4.78. The predicted molar refractivity (Wildman–Crippen MR) is 80.3 cm³/mol. The fourth-order valence-corrected chi connectivity index (χ4v) is 2.31. The summed E-state index contributed by atoms with van der Waals surface area (Å²) in [5, 5.41) is 0. The minimum atomic E-state index is 0.512. The molecule has 1 fully saturated rings. The van der Waals surface area contributed by atoms with Crippen LogP contribution in [0.3, 0.4) is 0 Å². The van der Waals surface area contributed by atoms with Gasteiger partial charge in [-0.3, -0.25) is 4.90 Å². The van der Waals surface area contributed by atoms with E-state index >= 15 is 0 Å². The van der Waals surface area contributed by atoms with Crippen molar-refractivity contribution in [2.45, 2.75) is 6.54 Å². The Balaban J connectivity index is 1.81. The minimum Gasteiger partial charge on any atom is -0.493 e. The molecular weight excluding hydrogens is 254 g/mol. The number of nitrogens with two attached hydrogens (primary N) is 1. The molecular formula is C15H25N3O2. The largest absolute Gasteiger partial charge is 0.493 e. The second-order valence-electron chi connectivity index (χ2n) is 5.18. The highest BCUT2D eigenvalue weighted by Gasteiger charge is 2.13. The molecule has 5 heteroatoms. The highest BCUT2D eigenvalue weighted by molar-refractivity contribution is 5.42. The summed E-state index contributed by atoms with van der Waals surface area (Å²) >= 11 is 0. The van der Waals surface area contributed by atoms with E-state index in [1.165, 1.54) is 0 Å². The van der Waals surface area contributed by atoms with Crippen molar-refractivity contribution in [2.24, 2.45) is 5.73 Å². The average Bonchev–Trinajstić information content (AvgIpc) is 2.49. The molecule has 0 saturated carbocycles. The molecule has 0 atom stereocenters. The first-order chi connectivity index (χ1) is 9.72. The van der Waals surface area contributed by atoms with Crippen molar-refractivity contribution in [3.63, 3.8) is 0 Å². The first-order valence-electron chi connectivity index (χ1n) is 7.13. The number of likely N-dealkylation sites (N-methyl/N-ethyl adjacent to an activating group) is 1. The Morgan fingerprint density at radius 1 is 1.15 bits per heavy atom. The van der Waals surface area contributed by atoms with E-state index in [0.717, 1.165) is 49.8 Å². The number of nitrogens with zero attached hydrogens (tertiary/aromatic N) is 2. The van der Waals surface area contributed by atoms with Gasteiger partial charge in [0.25, 0.3) is 0 Å². The maximum atomic E-state index is 5.84. The lowest BCUT2D eigenvalue weighted by atomic mass is 10.2. The minimum absolute atomic E-state index is 0.512. The van der Waals surface area contributed by atoms with Gasteiger partial charge in [0.15, 0.2) is 11.5 Å². The van der Waals surface area contributed by atoms with Crippen LogP contribution in [0, 0.1) is 0 Å². The number of rotatable bonds is 6. The van der Waals surface area contributed by atoms with Gasteiger partial charge in [-0.25, -0.2) is 0 Å². The summed E-state index contributed by atoms with van der Waals surface area (Å²) in [5.41, 5.74) is 6.67. The van der Waals surface area contributed by atoms with Crippen LogP contribution in [0.2, 0.25) is 0 Å². The van der Waals surface area contributed by atoms with Crippen LogP contribution in [-0.4, -0.2) is 63.3 Å². The van der Waals surface area contributed by atoms with Crippen LogP contribution in [0.15, 0.2) is 18.2 Å². The van der Waals surface area contributed by atoms with Gasteiger partial charge < -0.3 is 20.1 Å². The number of ether oxygens (including phenoxy) is 2. The molecule has 1 heterocycles. The zero-order valence-corrected chi connectivity index (χ0v) is 12.5. The Morgan fingerprint density at radius 3 is 2.55 bits per heavy atom. The fourth-order valence-electron chi connectivity index (χ4n) is 2.31. The maximum Gasteiger partial charge on any atom is 0.161 e. The normalized spacial score (nSPS) is 17.1. The third-order valence-electron chi connectivity index (χ3n) is 3.72. The molecule has 0 spiro atoms. The fraction of sp³-hybridized carbons (Fsp3) is 0.600. The lowest BCUT2D eigenvalue weighted by molar-refractivity contribution is 0.133. The van der Waals surface area contributed by atoms with E-state index in [-0.39, 0.29) is 0 Å². The van der Waals surface area contributed by atoms with Gasteiger partial charge in [-0.1, -0.05) is 6.07 Å². The molecule has 112 valence electrons. The molecule has 1 aromatic carbocycles. The second-order valence-corrected chi connectivity index (χ2v) is 5.18. The molecule has 2 rings (SSSR count). The topological polar surface area (TPSA) is 51.0 Å². The van der Waals surface area contributed by atoms with Gasteiger partial charge in [-0.15, -0.1) is 0 Å². The summed E-state index contributed by atoms with van der Waals surface area (Å²) in [6, 6.07) is 5.85. The summed E-state index contributed by atoms with van der Waals surface area (Å²) in [5.74, 6) is 1.55. The summed E-state index contributed by atoms with van der Waals surface area (Å²) in [7, 11) is 3.82. The molecule has 0 amide bonds. The van der Waals surface area contributed by atoms with Crippen molar-refractivity contribution in [2.75, 3.05) is 53.5 Å². The molecule has 20 heavy (non-hydrogen) atoms. The van der Waals surface area contributed by atoms with Crippen molar-refractivity contribution >= 4 is 0 Å². The Kier molecular flexibility index (Phi) is 5.64. The zero-order chi connectivity index (χ0) is 14.4. The molecule has 5 nitrogen and oxygen atoms in total. The summed E-state index contributed by atoms with van der Waals surface area (Å²) in [6.07, 6.45) is 0. The van der Waals surface area contributed by atoms with Gasteiger partial charge >= 0.3 is 0 Å². The molecule has 1 aliphatic heterocycles. The van der Waals surface area contributed by atoms with E-state index in [9.17, 15) is 0 Å². The van der Waals surface area contributed by atoms with Crippen LogP contribution < -0.4 is 15.2 Å². The molecule has 0 aliphatic carbocycles. The lowest BCUT2D eigenvalue weighted by Gasteiger charge is -2.32. The van der Waals surface area contributed by atoms with Crippen LogP contribution in [0.5, 0.6) is 11.5 Å². The highest BCUT2D eigenvalue weighted by atomic mass is 16.5. The first-order valence-corrected chi connectivity index (χ1v) is 7.13. The third-order valence-corrected chi connectivity index (χ3v) is 3.72. The van der Waals surface area contributed by atoms with Crippen molar-refractivity contribution in [1.82, 2.24) is 9.80 Å². The van der Waals surface area contributed by atoms with Gasteiger partial charge in [0.1, 0.15) is 6.61 Å². The number of hydrogen-bond acceptors (Lipinski definition) is 5. The lowest BCUT2D eigenvalue weighted by Crippen LogP contribution is -2.45. The standard InChI is InChI=1S/C15H25N3O2/c1-17-5-7-18(8-6-17)9-10-20-14-4-3-13(12-16)11-15(14)19-2/h3-4,11H,5-10,12,16H2,1-2H3. The highest BCUT2D eigenvalue weighted by Crippen LogP contribution is 2.27. The maximum absolute atomic E-state index is 5.84. The number of benzene rings is 1. The molecule has 1 aliphatic rings. The molecule has 0 radical (unpaired) electrons. The van der Waals surface area contributed by atoms with Crippen molar-refractivity contribution < 1.29 is 9.47 Å². The zero-order valence-electron chi connectivity index (χ0n) is 12.5. The molecule has 2 N–H and O–H groups in total. The van der Waals surface area contributed by atoms with E-state index in [2.05, 4.69) is 16.8 Å². The summed E-state index contributed by atoms with van der Waals surface area (Å²) in [6.45, 7) is 6.64. The first kappa shape index (κ1) is 15.1. The molecule has 1 aromatic rings. The molecule has 0 bridgehead atoms. The van der Waals surface area contributed by atoms with E-state index in [0.29, 0.717) is 13.2 Å². The van der Waals surface area contributed by atoms with Crippen LogP contribution >= 0.6 is 0 Å². The Labute approximate surface area is 121 Å². The molecule has 1 saturated heterocycles. The van der Waals surface area contributed by atoms with E-state index in [4.69, 9.17) is 15.2 Å². The smallest absolute Gasteiger partial charge is 0.161 e. The van der Waals surface area contributed by atoms with Crippen molar-refractivity contribution in [1.29, 1.82) is 0 Å². The van der Waals surface area contributed by atoms with E-state index in [1.807, 2.05) is 18.2 Å². The molecule has 0 aromatic heterocycles. The van der Waals surface area contributed by atoms with Crippen molar-refractivity contribution in [3.05, 3.63) is 23.8 Å². The van der Waals surface area contributed by atoms with Crippen LogP contribution in [-0.2, 0) is 6.54 Å². The van der Waals surface area contributed by atoms with Gasteiger partial charge in [0.05, 0.1) is 7.11 Å². The third kappa shape index (κ3) is 4.10. The Morgan fingerprint density at radius 2 is 1.90 bits per heavy atom. The average molecular weight is 279 g/mol. The molecule has 0 unspecified atom stereocenters. The SMILES string of the molecule is COc1cc(CN)ccc1OCCN1CCN(C)CC1. The van der Waals surface area contributed by atoms with Crippen molar-refractivity contribution in [3.8, 4) is 11.5 Å². The van der Waals surface area contributed by atoms with Gasteiger partial charge in [0, 0.05) is 39.3 Å². The van der Waals surface area contributed by atoms with Gasteiger partial charge in [-0.2, -0.15) is 0 Å². The van der Waals surface area contributed by atoms with E-state index in [1.54, 1.807) is 7.11 Å². The van der Waals surface area contributed by atoms with Crippen LogP contribution in [0.1, 0.15) is 5.56 Å². The number of piperazine rings is 1. The Hall–Kier alpha value is -1.30.